The van der Waals surface area contributed by atoms with E-state index in [4.69, 9.17) is 9.47 Å². The first kappa shape index (κ1) is 16.2. The van der Waals surface area contributed by atoms with Gasteiger partial charge in [0.1, 0.15) is 11.6 Å². The number of hydrogen-bond donors (Lipinski definition) is 0. The molecule has 0 radical (unpaired) electrons. The quantitative estimate of drug-likeness (QED) is 0.685. The number of piperidine rings is 1. The van der Waals surface area contributed by atoms with Gasteiger partial charge in [0.15, 0.2) is 0 Å². The number of likely N-dealkylation sites (tertiary alicyclic amines) is 1. The molecule has 0 N–H and O–H groups in total. The van der Waals surface area contributed by atoms with Crippen LogP contribution in [0.2, 0.25) is 0 Å². The molecule has 3 nitrogen and oxygen atoms in total. The van der Waals surface area contributed by atoms with E-state index in [-0.39, 0.29) is 5.82 Å². The highest BCUT2D eigenvalue weighted by molar-refractivity contribution is 5.21. The van der Waals surface area contributed by atoms with Crippen molar-refractivity contribution in [3.63, 3.8) is 0 Å². The zero-order valence-electron chi connectivity index (χ0n) is 12.9. The van der Waals surface area contributed by atoms with Crippen LogP contribution in [0.4, 0.5) is 4.39 Å². The first-order chi connectivity index (χ1) is 10.3. The summed E-state index contributed by atoms with van der Waals surface area (Å²) in [5, 5.41) is 0. The van der Waals surface area contributed by atoms with Crippen molar-refractivity contribution in [2.75, 3.05) is 32.8 Å². The molecule has 1 heterocycles. The standard InChI is InChI=1S/C17H26FNO2/c1-2-12-20-17-5-3-10-19(14-17)11-4-13-21-16-8-6-15(18)7-9-16/h6-9,17H,2-5,10-14H2,1H3. The maximum absolute atomic E-state index is 12.8. The summed E-state index contributed by atoms with van der Waals surface area (Å²) in [4.78, 5) is 2.46. The molecule has 1 aliphatic rings. The van der Waals surface area contributed by atoms with Gasteiger partial charge in [-0.2, -0.15) is 0 Å². The van der Waals surface area contributed by atoms with E-state index in [2.05, 4.69) is 11.8 Å². The number of ether oxygens (including phenoxy) is 2. The van der Waals surface area contributed by atoms with Crippen molar-refractivity contribution in [1.82, 2.24) is 4.90 Å². The second-order valence-corrected chi connectivity index (χ2v) is 5.59. The molecule has 0 spiro atoms. The summed E-state index contributed by atoms with van der Waals surface area (Å²) < 4.78 is 24.2. The van der Waals surface area contributed by atoms with Gasteiger partial charge in [-0.05, 0) is 56.5 Å². The van der Waals surface area contributed by atoms with Crippen molar-refractivity contribution in [2.45, 2.75) is 38.7 Å². The fraction of sp³-hybridized carbons (Fsp3) is 0.647. The van der Waals surface area contributed by atoms with E-state index in [9.17, 15) is 4.39 Å². The molecular weight excluding hydrogens is 269 g/mol. The van der Waals surface area contributed by atoms with Gasteiger partial charge in [-0.15, -0.1) is 0 Å². The smallest absolute Gasteiger partial charge is 0.123 e. The summed E-state index contributed by atoms with van der Waals surface area (Å²) in [6, 6.07) is 6.20. The van der Waals surface area contributed by atoms with Crippen molar-refractivity contribution in [3.8, 4) is 5.75 Å². The normalized spacial score (nSPS) is 19.6. The van der Waals surface area contributed by atoms with Gasteiger partial charge in [-0.3, -0.25) is 0 Å². The third kappa shape index (κ3) is 6.02. The monoisotopic (exact) mass is 295 g/mol. The number of rotatable bonds is 8. The fourth-order valence-corrected chi connectivity index (χ4v) is 2.65. The van der Waals surface area contributed by atoms with Gasteiger partial charge in [0, 0.05) is 19.7 Å². The second kappa shape index (κ2) is 9.00. The Bertz CT molecular complexity index is 396. The van der Waals surface area contributed by atoms with Crippen molar-refractivity contribution in [3.05, 3.63) is 30.1 Å². The predicted molar refractivity (Wildman–Crippen MR) is 82.2 cm³/mol. The molecular formula is C17H26FNO2. The Morgan fingerprint density at radius 3 is 2.81 bits per heavy atom. The molecule has 1 atom stereocenters. The van der Waals surface area contributed by atoms with Crippen LogP contribution in [0.25, 0.3) is 0 Å². The van der Waals surface area contributed by atoms with Gasteiger partial charge < -0.3 is 14.4 Å². The van der Waals surface area contributed by atoms with Crippen molar-refractivity contribution < 1.29 is 13.9 Å². The van der Waals surface area contributed by atoms with E-state index in [0.29, 0.717) is 12.7 Å². The van der Waals surface area contributed by atoms with Gasteiger partial charge in [0.25, 0.3) is 0 Å². The summed E-state index contributed by atoms with van der Waals surface area (Å²) in [6.45, 7) is 6.91. The summed E-state index contributed by atoms with van der Waals surface area (Å²) >= 11 is 0. The van der Waals surface area contributed by atoms with E-state index >= 15 is 0 Å². The molecule has 4 heteroatoms. The zero-order valence-corrected chi connectivity index (χ0v) is 12.9. The lowest BCUT2D eigenvalue weighted by atomic mass is 10.1. The molecule has 1 unspecified atom stereocenters. The number of hydrogen-bond acceptors (Lipinski definition) is 3. The highest BCUT2D eigenvalue weighted by Gasteiger charge is 2.19. The molecule has 1 aliphatic heterocycles. The average Bonchev–Trinajstić information content (AvgIpc) is 2.52. The highest BCUT2D eigenvalue weighted by Crippen LogP contribution is 2.14. The third-order valence-electron chi connectivity index (χ3n) is 3.72. The van der Waals surface area contributed by atoms with E-state index in [1.54, 1.807) is 12.1 Å². The molecule has 118 valence electrons. The van der Waals surface area contributed by atoms with Crippen LogP contribution in [0.5, 0.6) is 5.75 Å². The molecule has 1 fully saturated rings. The summed E-state index contributed by atoms with van der Waals surface area (Å²) in [6.07, 6.45) is 4.87. The van der Waals surface area contributed by atoms with E-state index in [1.807, 2.05) is 0 Å². The van der Waals surface area contributed by atoms with Crippen LogP contribution in [0.1, 0.15) is 32.6 Å². The molecule has 1 saturated heterocycles. The number of halogens is 1. The topological polar surface area (TPSA) is 21.7 Å². The first-order valence-electron chi connectivity index (χ1n) is 8.00. The molecule has 0 amide bonds. The first-order valence-corrected chi connectivity index (χ1v) is 8.00. The van der Waals surface area contributed by atoms with Crippen molar-refractivity contribution in [1.29, 1.82) is 0 Å². The van der Waals surface area contributed by atoms with Crippen LogP contribution in [-0.4, -0.2) is 43.9 Å². The van der Waals surface area contributed by atoms with Crippen LogP contribution in [-0.2, 0) is 4.74 Å². The van der Waals surface area contributed by atoms with Gasteiger partial charge in [-0.1, -0.05) is 6.92 Å². The number of nitrogens with zero attached hydrogens (tertiary/aromatic N) is 1. The Kier molecular flexibility index (Phi) is 6.96. The molecule has 0 saturated carbocycles. The van der Waals surface area contributed by atoms with Crippen LogP contribution < -0.4 is 4.74 Å². The minimum absolute atomic E-state index is 0.228. The summed E-state index contributed by atoms with van der Waals surface area (Å²) in [7, 11) is 0. The van der Waals surface area contributed by atoms with Crippen LogP contribution >= 0.6 is 0 Å². The second-order valence-electron chi connectivity index (χ2n) is 5.59. The Labute approximate surface area is 127 Å². The van der Waals surface area contributed by atoms with E-state index in [0.717, 1.165) is 44.8 Å². The molecule has 21 heavy (non-hydrogen) atoms. The maximum Gasteiger partial charge on any atom is 0.123 e. The summed E-state index contributed by atoms with van der Waals surface area (Å²) in [5.41, 5.74) is 0. The maximum atomic E-state index is 12.8. The molecule has 0 aliphatic carbocycles. The van der Waals surface area contributed by atoms with Crippen LogP contribution in [0, 0.1) is 5.82 Å². The molecule has 1 aromatic carbocycles. The Morgan fingerprint density at radius 1 is 1.24 bits per heavy atom. The highest BCUT2D eigenvalue weighted by atomic mass is 19.1. The number of benzene rings is 1. The SMILES string of the molecule is CCCOC1CCCN(CCCOc2ccc(F)cc2)C1. The Balaban J connectivity index is 1.60. The molecule has 0 bridgehead atoms. The van der Waals surface area contributed by atoms with Gasteiger partial charge in [0.05, 0.1) is 12.7 Å². The molecule has 0 aromatic heterocycles. The van der Waals surface area contributed by atoms with Gasteiger partial charge >= 0.3 is 0 Å². The minimum atomic E-state index is -0.228. The molecule has 2 rings (SSSR count). The lowest BCUT2D eigenvalue weighted by molar-refractivity contribution is -0.000966. The van der Waals surface area contributed by atoms with Gasteiger partial charge in [-0.25, -0.2) is 4.39 Å². The Hall–Kier alpha value is -1.13. The average molecular weight is 295 g/mol. The lowest BCUT2D eigenvalue weighted by Crippen LogP contribution is -2.40. The van der Waals surface area contributed by atoms with E-state index in [1.165, 1.54) is 25.0 Å². The fourth-order valence-electron chi connectivity index (χ4n) is 2.65. The minimum Gasteiger partial charge on any atom is -0.494 e. The van der Waals surface area contributed by atoms with Crippen LogP contribution in [0.15, 0.2) is 24.3 Å². The van der Waals surface area contributed by atoms with Crippen molar-refractivity contribution in [2.24, 2.45) is 0 Å². The third-order valence-corrected chi connectivity index (χ3v) is 3.72. The predicted octanol–water partition coefficient (Wildman–Crippen LogP) is 3.49. The summed E-state index contributed by atoms with van der Waals surface area (Å²) in [5.74, 6) is 0.507. The van der Waals surface area contributed by atoms with Gasteiger partial charge in [0.2, 0.25) is 0 Å². The van der Waals surface area contributed by atoms with Crippen molar-refractivity contribution >= 4 is 0 Å². The molecule has 1 aromatic rings. The van der Waals surface area contributed by atoms with E-state index < -0.39 is 0 Å². The zero-order chi connectivity index (χ0) is 14.9. The van der Waals surface area contributed by atoms with Crippen LogP contribution in [0.3, 0.4) is 0 Å². The Morgan fingerprint density at radius 2 is 2.05 bits per heavy atom. The lowest BCUT2D eigenvalue weighted by Gasteiger charge is -2.32. The largest absolute Gasteiger partial charge is 0.494 e.